The van der Waals surface area contributed by atoms with Crippen LogP contribution in [-0.2, 0) is 13.5 Å². The molecule has 0 spiro atoms. The Balaban J connectivity index is 1.47. The van der Waals surface area contributed by atoms with Crippen LogP contribution in [0.5, 0.6) is 0 Å². The molecule has 0 bridgehead atoms. The fourth-order valence-electron chi connectivity index (χ4n) is 5.11. The quantitative estimate of drug-likeness (QED) is 0.510. The van der Waals surface area contributed by atoms with E-state index >= 15 is 0 Å². The van der Waals surface area contributed by atoms with Gasteiger partial charge in [0.2, 0.25) is 0 Å². The molecule has 1 N–H and O–H groups in total. The van der Waals surface area contributed by atoms with Crippen molar-refractivity contribution in [2.24, 2.45) is 7.05 Å². The normalized spacial score (nSPS) is 16.0. The van der Waals surface area contributed by atoms with Crippen LogP contribution in [0.1, 0.15) is 28.0 Å². The van der Waals surface area contributed by atoms with Crippen LogP contribution >= 0.6 is 0 Å². The summed E-state index contributed by atoms with van der Waals surface area (Å²) in [5, 5.41) is 16.0. The third kappa shape index (κ3) is 3.44. The van der Waals surface area contributed by atoms with Crippen molar-refractivity contribution >= 4 is 28.2 Å². The van der Waals surface area contributed by atoms with Gasteiger partial charge in [0.1, 0.15) is 11.5 Å². The molecule has 2 aliphatic rings. The molecule has 0 saturated carbocycles. The molecule has 4 heterocycles. The molecule has 0 atom stereocenters. The Bertz CT molecular complexity index is 1420. The number of aliphatic hydroxyl groups is 1. The van der Waals surface area contributed by atoms with Crippen LogP contribution in [0.4, 0.5) is 11.5 Å². The van der Waals surface area contributed by atoms with E-state index in [2.05, 4.69) is 35.1 Å². The molecule has 2 aromatic heterocycles. The second-order valence-electron chi connectivity index (χ2n) is 9.37. The predicted molar refractivity (Wildman–Crippen MR) is 132 cm³/mol. The summed E-state index contributed by atoms with van der Waals surface area (Å²) in [4.78, 5) is 21.9. The van der Waals surface area contributed by atoms with Gasteiger partial charge in [-0.05, 0) is 60.0 Å². The van der Waals surface area contributed by atoms with Crippen LogP contribution in [0, 0.1) is 6.92 Å². The number of fused-ring (bicyclic) bond motifs is 2. The molecule has 0 unspecified atom stereocenters. The summed E-state index contributed by atoms with van der Waals surface area (Å²) in [5.74, 6) is 0.689. The maximum absolute atomic E-state index is 13.1. The third-order valence-corrected chi connectivity index (χ3v) is 6.90. The van der Waals surface area contributed by atoms with E-state index in [1.54, 1.807) is 4.90 Å². The van der Waals surface area contributed by atoms with E-state index in [-0.39, 0.29) is 5.91 Å². The molecule has 1 fully saturated rings. The molecular formula is C27H27N5O2. The number of likely N-dealkylation sites (tertiary alicyclic amines) is 1. The van der Waals surface area contributed by atoms with Gasteiger partial charge in [0.05, 0.1) is 12.3 Å². The highest BCUT2D eigenvalue weighted by molar-refractivity contribution is 6.01. The highest BCUT2D eigenvalue weighted by Crippen LogP contribution is 2.40. The molecular weight excluding hydrogens is 426 g/mol. The van der Waals surface area contributed by atoms with Crippen LogP contribution in [0.2, 0.25) is 0 Å². The average Bonchev–Trinajstić information content (AvgIpc) is 3.26. The first kappa shape index (κ1) is 20.9. The van der Waals surface area contributed by atoms with E-state index in [0.717, 1.165) is 47.2 Å². The highest BCUT2D eigenvalue weighted by Gasteiger charge is 2.31. The lowest BCUT2D eigenvalue weighted by Gasteiger charge is -2.36. The van der Waals surface area contributed by atoms with E-state index in [1.807, 2.05) is 48.4 Å². The monoisotopic (exact) mass is 453 g/mol. The Morgan fingerprint density at radius 3 is 2.74 bits per heavy atom. The SMILES string of the molecule is Cc1cc2c(cc1-c1cnn(C)c1)CCCN2c1nc(C(=O)N2CC(O)C2)cc2ccccc12. The number of pyridine rings is 1. The van der Waals surface area contributed by atoms with Crippen molar-refractivity contribution < 1.29 is 9.90 Å². The van der Waals surface area contributed by atoms with Crippen LogP contribution in [0.25, 0.3) is 21.9 Å². The van der Waals surface area contributed by atoms with Crippen molar-refractivity contribution in [3.8, 4) is 11.1 Å². The molecule has 6 rings (SSSR count). The van der Waals surface area contributed by atoms with Crippen LogP contribution in [0.3, 0.4) is 0 Å². The van der Waals surface area contributed by atoms with Gasteiger partial charge in [-0.2, -0.15) is 5.10 Å². The number of hydrogen-bond acceptors (Lipinski definition) is 5. The number of β-amino-alcohol motifs (C(OH)–C–C–N with tert-alkyl or cyclic N) is 1. The molecule has 2 aliphatic heterocycles. The number of aryl methyl sites for hydroxylation is 3. The molecule has 34 heavy (non-hydrogen) atoms. The van der Waals surface area contributed by atoms with Crippen molar-refractivity contribution in [3.05, 3.63) is 71.7 Å². The molecule has 4 aromatic rings. The standard InChI is InChI=1S/C27H27N5O2/c1-17-10-25-19(11-23(17)20-13-28-30(2)14-20)7-5-9-32(25)26-22-8-4-3-6-18(22)12-24(29-26)27(34)31-15-21(33)16-31/h3-4,6,8,10-14,21,33H,5,7,9,15-16H2,1-2H3. The number of aliphatic hydroxyl groups excluding tert-OH is 1. The van der Waals surface area contributed by atoms with E-state index < -0.39 is 6.10 Å². The minimum absolute atomic E-state index is 0.127. The summed E-state index contributed by atoms with van der Waals surface area (Å²) in [7, 11) is 1.94. The lowest BCUT2D eigenvalue weighted by molar-refractivity contribution is 0.00553. The van der Waals surface area contributed by atoms with Gasteiger partial charge in [-0.25, -0.2) is 4.98 Å². The molecule has 1 saturated heterocycles. The first-order valence-electron chi connectivity index (χ1n) is 11.7. The first-order valence-corrected chi connectivity index (χ1v) is 11.7. The third-order valence-electron chi connectivity index (χ3n) is 6.90. The zero-order valence-corrected chi connectivity index (χ0v) is 19.4. The van der Waals surface area contributed by atoms with E-state index in [1.165, 1.54) is 16.7 Å². The molecule has 0 radical (unpaired) electrons. The van der Waals surface area contributed by atoms with Crippen molar-refractivity contribution in [1.29, 1.82) is 0 Å². The second-order valence-corrected chi connectivity index (χ2v) is 9.37. The summed E-state index contributed by atoms with van der Waals surface area (Å²) >= 11 is 0. The van der Waals surface area contributed by atoms with E-state index in [9.17, 15) is 9.90 Å². The van der Waals surface area contributed by atoms with Crippen LogP contribution in [-0.4, -0.2) is 56.4 Å². The number of carbonyl (C=O) groups is 1. The van der Waals surface area contributed by atoms with Crippen molar-refractivity contribution in [2.45, 2.75) is 25.9 Å². The minimum Gasteiger partial charge on any atom is -0.389 e. The van der Waals surface area contributed by atoms with Crippen LogP contribution in [0.15, 0.2) is 54.9 Å². The Morgan fingerprint density at radius 1 is 1.15 bits per heavy atom. The Hall–Kier alpha value is -3.71. The summed E-state index contributed by atoms with van der Waals surface area (Å²) in [6.45, 7) is 3.71. The first-order chi connectivity index (χ1) is 16.5. The highest BCUT2D eigenvalue weighted by atomic mass is 16.3. The zero-order valence-electron chi connectivity index (χ0n) is 19.4. The molecule has 7 nitrogen and oxygen atoms in total. The van der Waals surface area contributed by atoms with Crippen LogP contribution < -0.4 is 4.90 Å². The van der Waals surface area contributed by atoms with Gasteiger partial charge in [-0.3, -0.25) is 9.48 Å². The zero-order chi connectivity index (χ0) is 23.4. The number of nitrogens with zero attached hydrogens (tertiary/aromatic N) is 5. The smallest absolute Gasteiger partial charge is 0.272 e. The number of aromatic nitrogens is 3. The predicted octanol–water partition coefficient (Wildman–Crippen LogP) is 3.84. The number of anilines is 2. The van der Waals surface area contributed by atoms with Gasteiger partial charge in [-0.1, -0.05) is 24.3 Å². The van der Waals surface area contributed by atoms with Crippen molar-refractivity contribution in [3.63, 3.8) is 0 Å². The summed E-state index contributed by atoms with van der Waals surface area (Å²) in [5.41, 5.74) is 6.36. The van der Waals surface area contributed by atoms with Gasteiger partial charge in [0, 0.05) is 49.5 Å². The maximum atomic E-state index is 13.1. The molecule has 7 heteroatoms. The second kappa shape index (κ2) is 7.95. The van der Waals surface area contributed by atoms with E-state index in [4.69, 9.17) is 4.98 Å². The molecule has 1 amide bonds. The van der Waals surface area contributed by atoms with Gasteiger partial charge < -0.3 is 14.9 Å². The molecule has 172 valence electrons. The summed E-state index contributed by atoms with van der Waals surface area (Å²) in [6, 6.07) is 14.5. The van der Waals surface area contributed by atoms with Crippen molar-refractivity contribution in [1.82, 2.24) is 19.7 Å². The number of benzene rings is 2. The lowest BCUT2D eigenvalue weighted by Crippen LogP contribution is -2.53. The number of carbonyl (C=O) groups excluding carboxylic acids is 1. The van der Waals surface area contributed by atoms with Gasteiger partial charge in [0.15, 0.2) is 0 Å². The maximum Gasteiger partial charge on any atom is 0.272 e. The Labute approximate surface area is 198 Å². The molecule has 0 aliphatic carbocycles. The average molecular weight is 454 g/mol. The number of amides is 1. The number of hydrogen-bond donors (Lipinski definition) is 1. The van der Waals surface area contributed by atoms with Crippen molar-refractivity contribution in [2.75, 3.05) is 24.5 Å². The summed E-state index contributed by atoms with van der Waals surface area (Å²) in [6.07, 6.45) is 5.53. The Morgan fingerprint density at radius 2 is 1.97 bits per heavy atom. The van der Waals surface area contributed by atoms with Gasteiger partial charge >= 0.3 is 0 Å². The number of rotatable bonds is 3. The topological polar surface area (TPSA) is 74.5 Å². The fourth-order valence-corrected chi connectivity index (χ4v) is 5.11. The van der Waals surface area contributed by atoms with Gasteiger partial charge in [-0.15, -0.1) is 0 Å². The largest absolute Gasteiger partial charge is 0.389 e. The molecule has 2 aromatic carbocycles. The lowest BCUT2D eigenvalue weighted by atomic mass is 9.93. The van der Waals surface area contributed by atoms with E-state index in [0.29, 0.717) is 18.8 Å². The fraction of sp³-hybridized carbons (Fsp3) is 0.296. The Kier molecular flexibility index (Phi) is 4.88. The minimum atomic E-state index is -0.435. The summed E-state index contributed by atoms with van der Waals surface area (Å²) < 4.78 is 1.83. The van der Waals surface area contributed by atoms with Gasteiger partial charge in [0.25, 0.3) is 5.91 Å².